The lowest BCUT2D eigenvalue weighted by molar-refractivity contribution is 0.00884. The number of nitrogens with one attached hydrogen (secondary N) is 1. The summed E-state index contributed by atoms with van der Waals surface area (Å²) in [5.74, 6) is 0. The molecule has 1 aliphatic heterocycles. The molecule has 1 aromatic rings. The molecule has 1 aromatic heterocycles. The van der Waals surface area contributed by atoms with Crippen LogP contribution in [0.1, 0.15) is 5.56 Å². The Balaban J connectivity index is 1.84. The highest BCUT2D eigenvalue weighted by Crippen LogP contribution is 2.13. The molecule has 1 N–H and O–H groups in total. The number of pyridine rings is 1. The van der Waals surface area contributed by atoms with Crippen LogP contribution in [0, 0.1) is 0 Å². The summed E-state index contributed by atoms with van der Waals surface area (Å²) in [6.45, 7) is 4.37. The van der Waals surface area contributed by atoms with Gasteiger partial charge in [0.1, 0.15) is 5.15 Å². The van der Waals surface area contributed by atoms with E-state index in [9.17, 15) is 0 Å². The van der Waals surface area contributed by atoms with Gasteiger partial charge < -0.3 is 10.1 Å². The first-order chi connectivity index (χ1) is 8.25. The van der Waals surface area contributed by atoms with E-state index in [1.165, 1.54) is 0 Å². The van der Waals surface area contributed by atoms with Gasteiger partial charge in [0.05, 0.1) is 12.7 Å². The van der Waals surface area contributed by atoms with E-state index in [1.807, 2.05) is 12.1 Å². The number of hydrogen-bond acceptors (Lipinski definition) is 4. The van der Waals surface area contributed by atoms with Crippen molar-refractivity contribution < 1.29 is 4.74 Å². The Hall–Kier alpha value is -0.680. The molecule has 2 heterocycles. The maximum absolute atomic E-state index is 6.03. The van der Waals surface area contributed by atoms with Crippen LogP contribution in [0.5, 0.6) is 0 Å². The molecule has 2 rings (SSSR count). The molecule has 17 heavy (non-hydrogen) atoms. The fraction of sp³-hybridized carbons (Fsp3) is 0.583. The first kappa shape index (κ1) is 12.8. The van der Waals surface area contributed by atoms with Crippen molar-refractivity contribution in [2.45, 2.75) is 12.6 Å². The Morgan fingerprint density at radius 1 is 1.65 bits per heavy atom. The number of ether oxygens (including phenoxy) is 1. The molecule has 1 unspecified atom stereocenters. The van der Waals surface area contributed by atoms with E-state index in [1.54, 1.807) is 6.20 Å². The maximum Gasteiger partial charge on any atom is 0.133 e. The number of likely N-dealkylation sites (N-methyl/N-ethyl adjacent to an activating group) is 1. The van der Waals surface area contributed by atoms with Crippen molar-refractivity contribution in [2.24, 2.45) is 0 Å². The van der Waals surface area contributed by atoms with Gasteiger partial charge in [-0.3, -0.25) is 4.90 Å². The summed E-state index contributed by atoms with van der Waals surface area (Å²) in [4.78, 5) is 6.28. The van der Waals surface area contributed by atoms with E-state index >= 15 is 0 Å². The Morgan fingerprint density at radius 3 is 3.24 bits per heavy atom. The fourth-order valence-corrected chi connectivity index (χ4v) is 2.16. The molecule has 0 radical (unpaired) electrons. The van der Waals surface area contributed by atoms with Gasteiger partial charge in [0.15, 0.2) is 0 Å². The number of nitrogens with zero attached hydrogens (tertiary/aromatic N) is 2. The SMILES string of the molecule is CN(Cc1cccnc1Cl)CC1CNCCO1. The van der Waals surface area contributed by atoms with E-state index in [0.717, 1.165) is 38.3 Å². The number of morpholine rings is 1. The Labute approximate surface area is 107 Å². The quantitative estimate of drug-likeness (QED) is 0.820. The third-order valence-corrected chi connectivity index (χ3v) is 3.14. The van der Waals surface area contributed by atoms with Crippen LogP contribution in [0.4, 0.5) is 0 Å². The van der Waals surface area contributed by atoms with Crippen LogP contribution in [0.25, 0.3) is 0 Å². The Morgan fingerprint density at radius 2 is 2.53 bits per heavy atom. The molecule has 0 saturated carbocycles. The third kappa shape index (κ3) is 3.92. The van der Waals surface area contributed by atoms with Crippen molar-refractivity contribution in [3.05, 3.63) is 29.0 Å². The molecule has 0 aromatic carbocycles. The lowest BCUT2D eigenvalue weighted by Gasteiger charge is -2.28. The largest absolute Gasteiger partial charge is 0.374 e. The highest BCUT2D eigenvalue weighted by molar-refractivity contribution is 6.30. The monoisotopic (exact) mass is 255 g/mol. The average Bonchev–Trinajstić information content (AvgIpc) is 2.33. The predicted octanol–water partition coefficient (Wildman–Crippen LogP) is 1.16. The second-order valence-electron chi connectivity index (χ2n) is 4.35. The summed E-state index contributed by atoms with van der Waals surface area (Å²) < 4.78 is 5.66. The van der Waals surface area contributed by atoms with Crippen molar-refractivity contribution in [3.8, 4) is 0 Å². The molecule has 1 aliphatic rings. The zero-order chi connectivity index (χ0) is 12.1. The Kier molecular flexibility index (Phi) is 4.74. The van der Waals surface area contributed by atoms with E-state index in [0.29, 0.717) is 5.15 Å². The standard InChI is InChI=1S/C12H18ClN3O/c1-16(9-11-7-14-5-6-17-11)8-10-3-2-4-15-12(10)13/h2-4,11,14H,5-9H2,1H3. The molecule has 0 amide bonds. The summed E-state index contributed by atoms with van der Waals surface area (Å²) in [5.41, 5.74) is 1.06. The molecule has 1 saturated heterocycles. The number of hydrogen-bond donors (Lipinski definition) is 1. The van der Waals surface area contributed by atoms with E-state index in [2.05, 4.69) is 22.2 Å². The lowest BCUT2D eigenvalue weighted by Crippen LogP contribution is -2.44. The van der Waals surface area contributed by atoms with E-state index in [-0.39, 0.29) is 6.10 Å². The molecule has 0 aliphatic carbocycles. The van der Waals surface area contributed by atoms with Crippen LogP contribution in [-0.4, -0.2) is 49.3 Å². The van der Waals surface area contributed by atoms with Gasteiger partial charge in [-0.1, -0.05) is 17.7 Å². The zero-order valence-electron chi connectivity index (χ0n) is 10.0. The minimum Gasteiger partial charge on any atom is -0.374 e. The van der Waals surface area contributed by atoms with Gasteiger partial charge in [-0.05, 0) is 13.1 Å². The van der Waals surface area contributed by atoms with Crippen molar-refractivity contribution in [1.82, 2.24) is 15.2 Å². The highest BCUT2D eigenvalue weighted by Gasteiger charge is 2.16. The molecule has 5 heteroatoms. The van der Waals surface area contributed by atoms with Crippen molar-refractivity contribution in [2.75, 3.05) is 33.3 Å². The summed E-state index contributed by atoms with van der Waals surface area (Å²) in [7, 11) is 2.07. The third-order valence-electron chi connectivity index (χ3n) is 2.80. The van der Waals surface area contributed by atoms with Crippen LogP contribution < -0.4 is 5.32 Å². The second-order valence-corrected chi connectivity index (χ2v) is 4.71. The average molecular weight is 256 g/mol. The van der Waals surface area contributed by atoms with E-state index < -0.39 is 0 Å². The molecule has 4 nitrogen and oxygen atoms in total. The van der Waals surface area contributed by atoms with Gasteiger partial charge in [-0.25, -0.2) is 4.98 Å². The summed E-state index contributed by atoms with van der Waals surface area (Å²) in [6.07, 6.45) is 1.98. The minimum absolute atomic E-state index is 0.268. The highest BCUT2D eigenvalue weighted by atomic mass is 35.5. The molecular formula is C12H18ClN3O. The zero-order valence-corrected chi connectivity index (χ0v) is 10.8. The van der Waals surface area contributed by atoms with Gasteiger partial charge in [0, 0.05) is 37.9 Å². The number of rotatable bonds is 4. The number of aromatic nitrogens is 1. The fourth-order valence-electron chi connectivity index (χ4n) is 1.98. The van der Waals surface area contributed by atoms with E-state index in [4.69, 9.17) is 16.3 Å². The van der Waals surface area contributed by atoms with Crippen molar-refractivity contribution >= 4 is 11.6 Å². The van der Waals surface area contributed by atoms with Gasteiger partial charge in [0.25, 0.3) is 0 Å². The van der Waals surface area contributed by atoms with Crippen LogP contribution in [0.3, 0.4) is 0 Å². The summed E-state index contributed by atoms with van der Waals surface area (Å²) in [6, 6.07) is 3.92. The molecule has 1 fully saturated rings. The van der Waals surface area contributed by atoms with Crippen LogP contribution in [-0.2, 0) is 11.3 Å². The van der Waals surface area contributed by atoms with Gasteiger partial charge in [-0.15, -0.1) is 0 Å². The molecule has 0 spiro atoms. The first-order valence-electron chi connectivity index (χ1n) is 5.86. The number of halogens is 1. The summed E-state index contributed by atoms with van der Waals surface area (Å²) >= 11 is 6.03. The van der Waals surface area contributed by atoms with Crippen LogP contribution >= 0.6 is 11.6 Å². The molecular weight excluding hydrogens is 238 g/mol. The minimum atomic E-state index is 0.268. The predicted molar refractivity (Wildman–Crippen MR) is 68.2 cm³/mol. The van der Waals surface area contributed by atoms with Gasteiger partial charge in [-0.2, -0.15) is 0 Å². The molecule has 94 valence electrons. The second kappa shape index (κ2) is 6.31. The maximum atomic E-state index is 6.03. The van der Waals surface area contributed by atoms with Gasteiger partial charge >= 0.3 is 0 Å². The summed E-state index contributed by atoms with van der Waals surface area (Å²) in [5, 5.41) is 3.91. The van der Waals surface area contributed by atoms with Crippen LogP contribution in [0.2, 0.25) is 5.15 Å². The van der Waals surface area contributed by atoms with Gasteiger partial charge in [0.2, 0.25) is 0 Å². The molecule has 0 bridgehead atoms. The van der Waals surface area contributed by atoms with Crippen LogP contribution in [0.15, 0.2) is 18.3 Å². The molecule has 1 atom stereocenters. The topological polar surface area (TPSA) is 37.4 Å². The first-order valence-corrected chi connectivity index (χ1v) is 6.24. The normalized spacial score (nSPS) is 20.8. The van der Waals surface area contributed by atoms with Crippen molar-refractivity contribution in [3.63, 3.8) is 0 Å². The van der Waals surface area contributed by atoms with Crippen molar-refractivity contribution in [1.29, 1.82) is 0 Å². The smallest absolute Gasteiger partial charge is 0.133 e. The Bertz CT molecular complexity index is 355. The lowest BCUT2D eigenvalue weighted by atomic mass is 10.2.